The number of ether oxygens (including phenoxy) is 1. The Balaban J connectivity index is 1.61. The van der Waals surface area contributed by atoms with Gasteiger partial charge >= 0.3 is 0 Å². The van der Waals surface area contributed by atoms with Gasteiger partial charge < -0.3 is 9.64 Å². The summed E-state index contributed by atoms with van der Waals surface area (Å²) in [5, 5.41) is 0. The molecule has 0 bridgehead atoms. The number of hydrogen-bond donors (Lipinski definition) is 0. The molecule has 4 heteroatoms. The second-order valence-corrected chi connectivity index (χ2v) is 8.51. The maximum absolute atomic E-state index is 12.3. The quantitative estimate of drug-likeness (QED) is 0.780. The minimum Gasteiger partial charge on any atom is -0.384 e. The molecule has 1 atom stereocenters. The summed E-state index contributed by atoms with van der Waals surface area (Å²) in [6.07, 6.45) is 7.19. The van der Waals surface area contributed by atoms with E-state index in [9.17, 15) is 4.79 Å². The third-order valence-electron chi connectivity index (χ3n) is 6.49. The third-order valence-corrected chi connectivity index (χ3v) is 6.49. The Labute approximate surface area is 141 Å². The first kappa shape index (κ1) is 17.2. The fourth-order valence-corrected chi connectivity index (χ4v) is 4.78. The summed E-state index contributed by atoms with van der Waals surface area (Å²) < 4.78 is 5.55. The SMILES string of the molecule is COCC1CN(C2CCC2)CC12CCN(C(=O)CC(C)C)CC2. The van der Waals surface area contributed by atoms with Gasteiger partial charge in [0.15, 0.2) is 0 Å². The van der Waals surface area contributed by atoms with E-state index in [2.05, 4.69) is 23.6 Å². The maximum atomic E-state index is 12.3. The monoisotopic (exact) mass is 322 g/mol. The number of methoxy groups -OCH3 is 1. The van der Waals surface area contributed by atoms with Crippen LogP contribution >= 0.6 is 0 Å². The van der Waals surface area contributed by atoms with Crippen molar-refractivity contribution in [3.05, 3.63) is 0 Å². The Kier molecular flexibility index (Phi) is 5.32. The van der Waals surface area contributed by atoms with Crippen molar-refractivity contribution in [3.8, 4) is 0 Å². The zero-order valence-corrected chi connectivity index (χ0v) is 15.2. The summed E-state index contributed by atoms with van der Waals surface area (Å²) in [6.45, 7) is 9.48. The van der Waals surface area contributed by atoms with Gasteiger partial charge in [-0.25, -0.2) is 0 Å². The van der Waals surface area contributed by atoms with Crippen molar-refractivity contribution in [2.75, 3.05) is 39.9 Å². The first-order chi connectivity index (χ1) is 11.0. The van der Waals surface area contributed by atoms with Gasteiger partial charge in [0.1, 0.15) is 0 Å². The van der Waals surface area contributed by atoms with Crippen LogP contribution in [-0.2, 0) is 9.53 Å². The van der Waals surface area contributed by atoms with Crippen LogP contribution in [0.25, 0.3) is 0 Å². The lowest BCUT2D eigenvalue weighted by molar-refractivity contribution is -0.134. The van der Waals surface area contributed by atoms with Gasteiger partial charge in [-0.3, -0.25) is 9.69 Å². The zero-order valence-electron chi connectivity index (χ0n) is 15.2. The van der Waals surface area contributed by atoms with Gasteiger partial charge in [-0.1, -0.05) is 20.3 Å². The largest absolute Gasteiger partial charge is 0.384 e. The van der Waals surface area contributed by atoms with E-state index in [1.165, 1.54) is 32.4 Å². The lowest BCUT2D eigenvalue weighted by Crippen LogP contribution is -2.48. The van der Waals surface area contributed by atoms with Gasteiger partial charge in [-0.15, -0.1) is 0 Å². The molecule has 4 nitrogen and oxygen atoms in total. The van der Waals surface area contributed by atoms with Gasteiger partial charge in [0.25, 0.3) is 0 Å². The minimum atomic E-state index is 0.354. The van der Waals surface area contributed by atoms with Crippen molar-refractivity contribution < 1.29 is 9.53 Å². The zero-order chi connectivity index (χ0) is 16.4. The van der Waals surface area contributed by atoms with Crippen LogP contribution in [0.15, 0.2) is 0 Å². The van der Waals surface area contributed by atoms with Crippen LogP contribution in [0.4, 0.5) is 0 Å². The molecule has 2 saturated heterocycles. The van der Waals surface area contributed by atoms with Crippen LogP contribution in [0.2, 0.25) is 0 Å². The second-order valence-electron chi connectivity index (χ2n) is 8.51. The molecule has 23 heavy (non-hydrogen) atoms. The molecule has 3 fully saturated rings. The van der Waals surface area contributed by atoms with Crippen LogP contribution in [0.5, 0.6) is 0 Å². The van der Waals surface area contributed by atoms with Gasteiger partial charge in [0.2, 0.25) is 5.91 Å². The van der Waals surface area contributed by atoms with Crippen molar-refractivity contribution in [2.45, 2.75) is 58.4 Å². The van der Waals surface area contributed by atoms with E-state index in [1.54, 1.807) is 0 Å². The van der Waals surface area contributed by atoms with Crippen molar-refractivity contribution in [2.24, 2.45) is 17.3 Å². The van der Waals surface area contributed by atoms with E-state index in [-0.39, 0.29) is 0 Å². The molecule has 1 aliphatic carbocycles. The molecule has 2 aliphatic heterocycles. The molecule has 0 aromatic carbocycles. The fraction of sp³-hybridized carbons (Fsp3) is 0.947. The standard InChI is InChI=1S/C19H34N2O2/c1-15(2)11-18(22)20-9-7-19(8-10-20)14-21(17-5-4-6-17)12-16(19)13-23-3/h15-17H,4-14H2,1-3H3. The van der Waals surface area contributed by atoms with Gasteiger partial charge in [0, 0.05) is 51.7 Å². The molecule has 1 unspecified atom stereocenters. The molecule has 0 N–H and O–H groups in total. The number of piperidine rings is 1. The average molecular weight is 322 g/mol. The molecule has 2 heterocycles. The number of likely N-dealkylation sites (tertiary alicyclic amines) is 2. The molecular formula is C19H34N2O2. The van der Waals surface area contributed by atoms with Gasteiger partial charge in [-0.05, 0) is 37.0 Å². The summed E-state index contributed by atoms with van der Waals surface area (Å²) >= 11 is 0. The van der Waals surface area contributed by atoms with Crippen LogP contribution in [-0.4, -0.2) is 61.6 Å². The summed E-state index contributed by atoms with van der Waals surface area (Å²) in [5.74, 6) is 1.46. The Morgan fingerprint density at radius 1 is 1.26 bits per heavy atom. The predicted octanol–water partition coefficient (Wildman–Crippen LogP) is 2.77. The van der Waals surface area contributed by atoms with E-state index < -0.39 is 0 Å². The highest BCUT2D eigenvalue weighted by Gasteiger charge is 2.50. The minimum absolute atomic E-state index is 0.354. The van der Waals surface area contributed by atoms with Gasteiger partial charge in [-0.2, -0.15) is 0 Å². The molecule has 1 saturated carbocycles. The highest BCUT2D eigenvalue weighted by atomic mass is 16.5. The predicted molar refractivity (Wildman–Crippen MR) is 92.3 cm³/mol. The van der Waals surface area contributed by atoms with Crippen molar-refractivity contribution in [1.82, 2.24) is 9.80 Å². The molecule has 0 aromatic rings. The molecule has 0 aromatic heterocycles. The highest BCUT2D eigenvalue weighted by molar-refractivity contribution is 5.76. The summed E-state index contributed by atoms with van der Waals surface area (Å²) in [6, 6.07) is 0.828. The number of rotatable bonds is 5. The highest BCUT2D eigenvalue weighted by Crippen LogP contribution is 2.47. The van der Waals surface area contributed by atoms with Crippen LogP contribution in [0.3, 0.4) is 0 Å². The molecule has 0 radical (unpaired) electrons. The third kappa shape index (κ3) is 3.58. The van der Waals surface area contributed by atoms with Crippen molar-refractivity contribution in [3.63, 3.8) is 0 Å². The maximum Gasteiger partial charge on any atom is 0.222 e. The summed E-state index contributed by atoms with van der Waals surface area (Å²) in [5.41, 5.74) is 0.389. The summed E-state index contributed by atoms with van der Waals surface area (Å²) in [7, 11) is 1.83. The normalized spacial score (nSPS) is 28.5. The summed E-state index contributed by atoms with van der Waals surface area (Å²) in [4.78, 5) is 17.2. The number of carbonyl (C=O) groups excluding carboxylic acids is 1. The van der Waals surface area contributed by atoms with Crippen LogP contribution in [0.1, 0.15) is 52.4 Å². The van der Waals surface area contributed by atoms with E-state index in [0.29, 0.717) is 29.6 Å². The van der Waals surface area contributed by atoms with E-state index in [0.717, 1.165) is 38.6 Å². The molecule has 132 valence electrons. The molecule has 3 rings (SSSR count). The smallest absolute Gasteiger partial charge is 0.222 e. The van der Waals surface area contributed by atoms with Crippen LogP contribution in [0, 0.1) is 17.3 Å². The molecule has 1 spiro atoms. The fourth-order valence-electron chi connectivity index (χ4n) is 4.78. The van der Waals surface area contributed by atoms with E-state index in [1.807, 2.05) is 7.11 Å². The van der Waals surface area contributed by atoms with E-state index >= 15 is 0 Å². The second kappa shape index (κ2) is 7.10. The topological polar surface area (TPSA) is 32.8 Å². The molecule has 3 aliphatic rings. The van der Waals surface area contributed by atoms with Crippen LogP contribution < -0.4 is 0 Å². The average Bonchev–Trinajstić information content (AvgIpc) is 2.75. The number of hydrogen-bond acceptors (Lipinski definition) is 3. The van der Waals surface area contributed by atoms with E-state index in [4.69, 9.17) is 4.74 Å². The number of carbonyl (C=O) groups is 1. The number of amides is 1. The number of nitrogens with zero attached hydrogens (tertiary/aromatic N) is 2. The van der Waals surface area contributed by atoms with Crippen molar-refractivity contribution >= 4 is 5.91 Å². The van der Waals surface area contributed by atoms with Crippen molar-refractivity contribution in [1.29, 1.82) is 0 Å². The first-order valence-electron chi connectivity index (χ1n) is 9.55. The first-order valence-corrected chi connectivity index (χ1v) is 9.55. The Morgan fingerprint density at radius 2 is 1.96 bits per heavy atom. The Hall–Kier alpha value is -0.610. The lowest BCUT2D eigenvalue weighted by Gasteiger charge is -2.43. The molecular weight excluding hydrogens is 288 g/mol. The Morgan fingerprint density at radius 3 is 2.48 bits per heavy atom. The Bertz CT molecular complexity index is 412. The lowest BCUT2D eigenvalue weighted by atomic mass is 9.71. The van der Waals surface area contributed by atoms with Gasteiger partial charge in [0.05, 0.1) is 6.61 Å². The molecule has 1 amide bonds.